The van der Waals surface area contributed by atoms with E-state index in [1.807, 2.05) is 26.0 Å². The van der Waals surface area contributed by atoms with Gasteiger partial charge in [0.05, 0.1) is 11.3 Å². The van der Waals surface area contributed by atoms with Crippen molar-refractivity contribution in [2.75, 3.05) is 10.0 Å². The molecule has 4 rings (SSSR count). The molecule has 0 fully saturated rings. The molecule has 0 saturated carbocycles. The Bertz CT molecular complexity index is 1440. The van der Waals surface area contributed by atoms with Crippen LogP contribution in [0.15, 0.2) is 51.9 Å². The Morgan fingerprint density at radius 1 is 0.970 bits per heavy atom. The maximum atomic E-state index is 12.7. The fourth-order valence-corrected chi connectivity index (χ4v) is 4.54. The van der Waals surface area contributed by atoms with Crippen LogP contribution in [0.1, 0.15) is 28.2 Å². The lowest BCUT2D eigenvalue weighted by molar-refractivity contribution is -0.115. The average molecular weight is 466 g/mol. The number of nitrogens with one attached hydrogen (secondary N) is 2. The fraction of sp³-hybridized carbons (Fsp3) is 0.217. The molecule has 170 valence electrons. The molecule has 0 aliphatic heterocycles. The highest BCUT2D eigenvalue weighted by Gasteiger charge is 2.18. The van der Waals surface area contributed by atoms with Crippen LogP contribution in [0.2, 0.25) is 0 Å². The smallest absolute Gasteiger partial charge is 0.264 e. The van der Waals surface area contributed by atoms with Crippen LogP contribution in [0.25, 0.3) is 11.0 Å². The Balaban J connectivity index is 1.45. The third-order valence-corrected chi connectivity index (χ3v) is 6.31. The first-order chi connectivity index (χ1) is 15.6. The summed E-state index contributed by atoms with van der Waals surface area (Å²) in [5.74, 6) is -0.281. The molecule has 2 aromatic carbocycles. The third-order valence-electron chi connectivity index (χ3n) is 4.96. The lowest BCUT2D eigenvalue weighted by atomic mass is 10.1. The summed E-state index contributed by atoms with van der Waals surface area (Å²) in [4.78, 5) is 20.8. The minimum absolute atomic E-state index is 0.00944. The van der Waals surface area contributed by atoms with Crippen LogP contribution in [-0.2, 0) is 21.2 Å². The van der Waals surface area contributed by atoms with Crippen molar-refractivity contribution in [1.82, 2.24) is 15.1 Å². The molecule has 33 heavy (non-hydrogen) atoms. The number of carbonyl (C=O) groups is 1. The van der Waals surface area contributed by atoms with Gasteiger partial charge >= 0.3 is 0 Å². The van der Waals surface area contributed by atoms with Crippen molar-refractivity contribution in [3.05, 3.63) is 70.7 Å². The molecule has 4 aromatic rings. The van der Waals surface area contributed by atoms with Crippen LogP contribution in [-0.4, -0.2) is 29.4 Å². The largest absolute Gasteiger partial charge is 0.356 e. The fourth-order valence-electron chi connectivity index (χ4n) is 3.59. The van der Waals surface area contributed by atoms with Gasteiger partial charge in [0.15, 0.2) is 5.58 Å². The normalized spacial score (nSPS) is 11.5. The SMILES string of the molecule is Cc1cc(C)c2onc(CC(=O)Nc3ccc(S(=O)(=O)Nc4nc(C)cc(C)n4)cc3)c2c1. The summed E-state index contributed by atoms with van der Waals surface area (Å²) < 4.78 is 33.1. The number of benzene rings is 2. The van der Waals surface area contributed by atoms with Gasteiger partial charge in [0.25, 0.3) is 10.0 Å². The predicted octanol–water partition coefficient (Wildman–Crippen LogP) is 3.83. The summed E-state index contributed by atoms with van der Waals surface area (Å²) in [6.07, 6.45) is 0.0293. The summed E-state index contributed by atoms with van der Waals surface area (Å²) in [6, 6.07) is 11.5. The molecule has 0 atom stereocenters. The summed E-state index contributed by atoms with van der Waals surface area (Å²) >= 11 is 0. The zero-order valence-electron chi connectivity index (χ0n) is 18.6. The highest BCUT2D eigenvalue weighted by atomic mass is 32.2. The molecule has 0 unspecified atom stereocenters. The van der Waals surface area contributed by atoms with Gasteiger partial charge in [0, 0.05) is 22.5 Å². The average Bonchev–Trinajstić information content (AvgIpc) is 3.10. The summed E-state index contributed by atoms with van der Waals surface area (Å²) in [6.45, 7) is 7.42. The number of hydrogen-bond donors (Lipinski definition) is 2. The lowest BCUT2D eigenvalue weighted by Crippen LogP contribution is -2.17. The molecule has 0 radical (unpaired) electrons. The second kappa shape index (κ2) is 8.62. The molecule has 9 nitrogen and oxygen atoms in total. The highest BCUT2D eigenvalue weighted by molar-refractivity contribution is 7.92. The van der Waals surface area contributed by atoms with E-state index in [0.717, 1.165) is 16.5 Å². The maximum Gasteiger partial charge on any atom is 0.264 e. The van der Waals surface area contributed by atoms with Crippen molar-refractivity contribution in [1.29, 1.82) is 0 Å². The number of aromatic nitrogens is 3. The molecular formula is C23H23N5O4S. The van der Waals surface area contributed by atoms with Gasteiger partial charge in [-0.2, -0.15) is 0 Å². The Morgan fingerprint density at radius 2 is 1.64 bits per heavy atom. The topological polar surface area (TPSA) is 127 Å². The molecule has 1 amide bonds. The molecule has 0 bridgehead atoms. The number of carbonyl (C=O) groups excluding carboxylic acids is 1. The van der Waals surface area contributed by atoms with E-state index in [-0.39, 0.29) is 23.2 Å². The number of amides is 1. The van der Waals surface area contributed by atoms with Gasteiger partial charge in [-0.15, -0.1) is 0 Å². The summed E-state index contributed by atoms with van der Waals surface area (Å²) in [7, 11) is -3.88. The number of fused-ring (bicyclic) bond motifs is 1. The first kappa shape index (κ1) is 22.4. The second-order valence-electron chi connectivity index (χ2n) is 7.92. The molecule has 2 N–H and O–H groups in total. The van der Waals surface area contributed by atoms with Crippen LogP contribution in [0, 0.1) is 27.7 Å². The van der Waals surface area contributed by atoms with Crippen molar-refractivity contribution in [3.8, 4) is 0 Å². The van der Waals surface area contributed by atoms with Crippen molar-refractivity contribution >= 4 is 38.5 Å². The van der Waals surface area contributed by atoms with Crippen molar-refractivity contribution in [2.45, 2.75) is 39.0 Å². The van der Waals surface area contributed by atoms with E-state index in [9.17, 15) is 13.2 Å². The molecule has 0 spiro atoms. The van der Waals surface area contributed by atoms with E-state index in [1.165, 1.54) is 24.3 Å². The number of rotatable bonds is 6. The predicted molar refractivity (Wildman–Crippen MR) is 125 cm³/mol. The molecular weight excluding hydrogens is 442 g/mol. The van der Waals surface area contributed by atoms with Crippen LogP contribution in [0.3, 0.4) is 0 Å². The summed E-state index contributed by atoms with van der Waals surface area (Å²) in [5.41, 5.74) is 5.00. The van der Waals surface area contributed by atoms with Crippen molar-refractivity contribution in [3.63, 3.8) is 0 Å². The minimum atomic E-state index is -3.88. The van der Waals surface area contributed by atoms with Gasteiger partial charge in [-0.05, 0) is 75.2 Å². The van der Waals surface area contributed by atoms with E-state index in [4.69, 9.17) is 4.52 Å². The van der Waals surface area contributed by atoms with E-state index in [2.05, 4.69) is 25.2 Å². The summed E-state index contributed by atoms with van der Waals surface area (Å²) in [5, 5.41) is 7.61. The zero-order chi connectivity index (χ0) is 23.8. The van der Waals surface area contributed by atoms with Gasteiger partial charge in [0.2, 0.25) is 11.9 Å². The first-order valence-electron chi connectivity index (χ1n) is 10.2. The Labute approximate surface area is 191 Å². The monoisotopic (exact) mass is 465 g/mol. The molecule has 0 saturated heterocycles. The maximum absolute atomic E-state index is 12.7. The molecule has 10 heteroatoms. The second-order valence-corrected chi connectivity index (χ2v) is 9.60. The van der Waals surface area contributed by atoms with E-state index < -0.39 is 10.0 Å². The van der Waals surface area contributed by atoms with Crippen LogP contribution < -0.4 is 10.0 Å². The van der Waals surface area contributed by atoms with Crippen molar-refractivity contribution < 1.29 is 17.7 Å². The number of sulfonamides is 1. The number of nitrogens with zero attached hydrogens (tertiary/aromatic N) is 3. The Hall–Kier alpha value is -3.79. The van der Waals surface area contributed by atoms with Crippen LogP contribution in [0.5, 0.6) is 0 Å². The minimum Gasteiger partial charge on any atom is -0.356 e. The number of anilines is 2. The Morgan fingerprint density at radius 3 is 2.30 bits per heavy atom. The molecule has 2 heterocycles. The number of hydrogen-bond acceptors (Lipinski definition) is 7. The first-order valence-corrected chi connectivity index (χ1v) is 11.7. The van der Waals surface area contributed by atoms with Crippen LogP contribution >= 0.6 is 0 Å². The molecule has 2 aromatic heterocycles. The molecule has 0 aliphatic carbocycles. The van der Waals surface area contributed by atoms with E-state index in [0.29, 0.717) is 28.4 Å². The Kier molecular flexibility index (Phi) is 5.86. The quantitative estimate of drug-likeness (QED) is 0.443. The standard InChI is InChI=1S/C23H23N5O4S/c1-13-9-14(2)22-19(10-13)20(27-32-22)12-21(29)26-17-5-7-18(8-6-17)33(30,31)28-23-24-15(3)11-16(4)25-23/h5-11H,12H2,1-4H3,(H,26,29)(H,24,25,28). The third kappa shape index (κ3) is 5.01. The van der Waals surface area contributed by atoms with E-state index >= 15 is 0 Å². The molecule has 0 aliphatic rings. The van der Waals surface area contributed by atoms with Gasteiger partial charge in [-0.3, -0.25) is 4.79 Å². The number of aryl methyl sites for hydroxylation is 4. The lowest BCUT2D eigenvalue weighted by Gasteiger charge is -2.09. The van der Waals surface area contributed by atoms with Crippen molar-refractivity contribution in [2.24, 2.45) is 0 Å². The van der Waals surface area contributed by atoms with Crippen LogP contribution in [0.4, 0.5) is 11.6 Å². The highest BCUT2D eigenvalue weighted by Crippen LogP contribution is 2.24. The van der Waals surface area contributed by atoms with Gasteiger partial charge in [-0.1, -0.05) is 11.2 Å². The van der Waals surface area contributed by atoms with Gasteiger partial charge < -0.3 is 9.84 Å². The van der Waals surface area contributed by atoms with E-state index in [1.54, 1.807) is 19.9 Å². The van der Waals surface area contributed by atoms with Gasteiger partial charge in [-0.25, -0.2) is 23.1 Å². The van der Waals surface area contributed by atoms with Gasteiger partial charge in [0.1, 0.15) is 5.69 Å². The zero-order valence-corrected chi connectivity index (χ0v) is 19.4.